The second kappa shape index (κ2) is 11.0. The van der Waals surface area contributed by atoms with Crippen molar-refractivity contribution >= 4 is 51.1 Å². The van der Waals surface area contributed by atoms with E-state index in [9.17, 15) is 18.8 Å². The second-order valence-corrected chi connectivity index (χ2v) is 8.44. The van der Waals surface area contributed by atoms with Crippen LogP contribution in [-0.4, -0.2) is 30.9 Å². The lowest BCUT2D eigenvalue weighted by Gasteiger charge is -2.15. The zero-order valence-electron chi connectivity index (χ0n) is 19.1. The van der Waals surface area contributed by atoms with Crippen molar-refractivity contribution in [3.8, 4) is 11.5 Å². The number of nitrogens with zero attached hydrogens (tertiary/aromatic N) is 1. The van der Waals surface area contributed by atoms with Crippen LogP contribution in [-0.2, 0) is 14.4 Å². The average Bonchev–Trinajstić information content (AvgIpc) is 3.12. The molecule has 36 heavy (non-hydrogen) atoms. The summed E-state index contributed by atoms with van der Waals surface area (Å²) in [6.07, 6.45) is 1.45. The molecule has 4 rings (SSSR count). The van der Waals surface area contributed by atoms with Crippen LogP contribution in [0.3, 0.4) is 0 Å². The molecular formula is C26H21BrFN3O5. The molecule has 10 heteroatoms. The van der Waals surface area contributed by atoms with Crippen LogP contribution >= 0.6 is 15.9 Å². The number of ether oxygens (including phenoxy) is 2. The van der Waals surface area contributed by atoms with Gasteiger partial charge in [-0.25, -0.2) is 9.40 Å². The van der Waals surface area contributed by atoms with Gasteiger partial charge in [0.15, 0.2) is 18.1 Å². The van der Waals surface area contributed by atoms with Crippen molar-refractivity contribution in [3.63, 3.8) is 0 Å². The molecule has 2 N–H and O–H groups in total. The maximum absolute atomic E-state index is 13.3. The fourth-order valence-corrected chi connectivity index (χ4v) is 4.03. The number of carbonyl (C=O) groups excluding carboxylic acids is 3. The van der Waals surface area contributed by atoms with Gasteiger partial charge in [-0.05, 0) is 77.0 Å². The van der Waals surface area contributed by atoms with Crippen molar-refractivity contribution in [2.24, 2.45) is 0 Å². The smallest absolute Gasteiger partial charge is 0.282 e. The number of nitrogens with one attached hydrogen (secondary N) is 2. The number of halogens is 2. The van der Waals surface area contributed by atoms with E-state index < -0.39 is 23.5 Å². The molecule has 0 saturated carbocycles. The molecule has 1 aliphatic heterocycles. The summed E-state index contributed by atoms with van der Waals surface area (Å²) < 4.78 is 25.1. The van der Waals surface area contributed by atoms with E-state index in [4.69, 9.17) is 9.47 Å². The van der Waals surface area contributed by atoms with E-state index in [-0.39, 0.29) is 17.9 Å². The summed E-state index contributed by atoms with van der Waals surface area (Å²) in [6, 6.07) is 17.5. The Morgan fingerprint density at radius 1 is 1.08 bits per heavy atom. The topological polar surface area (TPSA) is 97.0 Å². The number of hydrogen-bond acceptors (Lipinski definition) is 5. The monoisotopic (exact) mass is 553 g/mol. The number of carbonyl (C=O) groups is 3. The first kappa shape index (κ1) is 24.9. The van der Waals surface area contributed by atoms with Gasteiger partial charge in [-0.1, -0.05) is 24.3 Å². The molecule has 8 nitrogen and oxygen atoms in total. The predicted molar refractivity (Wildman–Crippen MR) is 136 cm³/mol. The largest absolute Gasteiger partial charge is 0.490 e. The van der Waals surface area contributed by atoms with Crippen molar-refractivity contribution < 1.29 is 28.2 Å². The Kier molecular flexibility index (Phi) is 7.65. The van der Waals surface area contributed by atoms with Gasteiger partial charge in [-0.15, -0.1) is 0 Å². The van der Waals surface area contributed by atoms with Crippen molar-refractivity contribution in [1.82, 2.24) is 5.43 Å². The lowest BCUT2D eigenvalue weighted by Crippen LogP contribution is -2.35. The third-order valence-corrected chi connectivity index (χ3v) is 5.59. The molecular weight excluding hydrogens is 533 g/mol. The summed E-state index contributed by atoms with van der Waals surface area (Å²) in [5.74, 6) is -1.41. The van der Waals surface area contributed by atoms with Gasteiger partial charge in [-0.2, -0.15) is 0 Å². The van der Waals surface area contributed by atoms with Gasteiger partial charge in [0.25, 0.3) is 17.7 Å². The normalized spacial score (nSPS) is 14.1. The summed E-state index contributed by atoms with van der Waals surface area (Å²) >= 11 is 3.41. The number of rotatable bonds is 8. The Morgan fingerprint density at radius 2 is 1.86 bits per heavy atom. The van der Waals surface area contributed by atoms with E-state index in [0.29, 0.717) is 33.8 Å². The molecule has 1 aliphatic rings. The summed E-state index contributed by atoms with van der Waals surface area (Å²) in [7, 11) is 0. The zero-order chi connectivity index (χ0) is 25.7. The molecule has 0 aromatic heterocycles. The Hall–Kier alpha value is -4.18. The minimum Gasteiger partial charge on any atom is -0.490 e. The van der Waals surface area contributed by atoms with Crippen LogP contribution in [0.1, 0.15) is 12.5 Å². The number of hydrogen-bond donors (Lipinski definition) is 2. The van der Waals surface area contributed by atoms with Gasteiger partial charge in [0.05, 0.1) is 16.8 Å². The van der Waals surface area contributed by atoms with Gasteiger partial charge in [-0.3, -0.25) is 19.8 Å². The molecule has 1 heterocycles. The fraction of sp³-hybridized carbons (Fsp3) is 0.115. The highest BCUT2D eigenvalue weighted by Crippen LogP contribution is 2.38. The molecule has 0 spiro atoms. The first-order chi connectivity index (χ1) is 17.4. The number of anilines is 2. The molecule has 1 saturated heterocycles. The molecule has 1 fully saturated rings. The van der Waals surface area contributed by atoms with Gasteiger partial charge in [0, 0.05) is 5.69 Å². The van der Waals surface area contributed by atoms with Crippen molar-refractivity contribution in [2.75, 3.05) is 23.5 Å². The number of amides is 3. The zero-order valence-corrected chi connectivity index (χ0v) is 20.7. The van der Waals surface area contributed by atoms with E-state index in [1.54, 1.807) is 49.4 Å². The standard InChI is InChI=1S/C26H21BrFN3O5/c1-2-35-22-13-16(11-20-25(33)30-31(26(20)34)19-9-4-3-5-10-19)12-21(27)24(22)36-15-23(32)29-18-8-6-7-17(28)14-18/h3-14H,2,15H2,1H3,(H,29,32)(H,30,33)/b20-11-. The van der Waals surface area contributed by atoms with Crippen LogP contribution in [0.4, 0.5) is 15.8 Å². The van der Waals surface area contributed by atoms with Gasteiger partial charge >= 0.3 is 0 Å². The number of benzene rings is 3. The molecule has 184 valence electrons. The average molecular weight is 554 g/mol. The molecule has 3 aromatic carbocycles. The van der Waals surface area contributed by atoms with Crippen LogP contribution in [0.15, 0.2) is 76.8 Å². The van der Waals surface area contributed by atoms with Gasteiger partial charge < -0.3 is 14.8 Å². The molecule has 0 unspecified atom stereocenters. The van der Waals surface area contributed by atoms with Crippen LogP contribution < -0.4 is 25.2 Å². The first-order valence-electron chi connectivity index (χ1n) is 10.9. The molecule has 0 bridgehead atoms. The summed E-state index contributed by atoms with van der Waals surface area (Å²) in [4.78, 5) is 37.7. The van der Waals surface area contributed by atoms with Crippen molar-refractivity contribution in [3.05, 3.63) is 88.2 Å². The Balaban J connectivity index is 1.53. The van der Waals surface area contributed by atoms with Crippen LogP contribution in [0.25, 0.3) is 6.08 Å². The molecule has 0 aliphatic carbocycles. The highest BCUT2D eigenvalue weighted by Gasteiger charge is 2.34. The fourth-order valence-electron chi connectivity index (χ4n) is 3.46. The third-order valence-electron chi connectivity index (χ3n) is 5.00. The molecule has 0 radical (unpaired) electrons. The van der Waals surface area contributed by atoms with Crippen molar-refractivity contribution in [2.45, 2.75) is 6.92 Å². The van der Waals surface area contributed by atoms with Gasteiger partial charge in [0.1, 0.15) is 11.4 Å². The van der Waals surface area contributed by atoms with E-state index >= 15 is 0 Å². The first-order valence-corrected chi connectivity index (χ1v) is 11.7. The summed E-state index contributed by atoms with van der Waals surface area (Å²) in [6.45, 7) is 1.73. The highest BCUT2D eigenvalue weighted by molar-refractivity contribution is 9.10. The van der Waals surface area contributed by atoms with Crippen LogP contribution in [0.5, 0.6) is 11.5 Å². The van der Waals surface area contributed by atoms with Crippen LogP contribution in [0, 0.1) is 5.82 Å². The Bertz CT molecular complexity index is 1350. The minimum atomic E-state index is -0.535. The summed E-state index contributed by atoms with van der Waals surface area (Å²) in [5.41, 5.74) is 3.86. The lowest BCUT2D eigenvalue weighted by molar-refractivity contribution is -0.118. The van der Waals surface area contributed by atoms with E-state index in [1.807, 2.05) is 6.07 Å². The lowest BCUT2D eigenvalue weighted by atomic mass is 10.1. The Labute approximate surface area is 214 Å². The highest BCUT2D eigenvalue weighted by atomic mass is 79.9. The molecule has 0 atom stereocenters. The molecule has 3 aromatic rings. The van der Waals surface area contributed by atoms with E-state index in [2.05, 4.69) is 26.7 Å². The summed E-state index contributed by atoms with van der Waals surface area (Å²) in [5, 5.41) is 3.74. The maximum Gasteiger partial charge on any atom is 0.282 e. The van der Waals surface area contributed by atoms with E-state index in [1.165, 1.54) is 29.3 Å². The Morgan fingerprint density at radius 3 is 2.58 bits per heavy atom. The maximum atomic E-state index is 13.3. The number of hydrazine groups is 1. The van der Waals surface area contributed by atoms with Crippen LogP contribution in [0.2, 0.25) is 0 Å². The van der Waals surface area contributed by atoms with E-state index in [0.717, 1.165) is 0 Å². The quantitative estimate of drug-likeness (QED) is 0.317. The van der Waals surface area contributed by atoms with Gasteiger partial charge in [0.2, 0.25) is 0 Å². The third kappa shape index (κ3) is 5.72. The number of para-hydroxylation sites is 1. The SMILES string of the molecule is CCOc1cc(/C=C2/C(=O)NN(c3ccccc3)C2=O)cc(Br)c1OCC(=O)Nc1cccc(F)c1. The molecule has 3 amide bonds. The van der Waals surface area contributed by atoms with Crippen molar-refractivity contribution in [1.29, 1.82) is 0 Å². The minimum absolute atomic E-state index is 0.0451. The second-order valence-electron chi connectivity index (χ2n) is 7.59. The predicted octanol–water partition coefficient (Wildman–Crippen LogP) is 4.47.